The Morgan fingerprint density at radius 1 is 1.13 bits per heavy atom. The van der Waals surface area contributed by atoms with Gasteiger partial charge in [0.25, 0.3) is 0 Å². The fraction of sp³-hybridized carbons (Fsp3) is 0.0833. The highest BCUT2D eigenvalue weighted by Crippen LogP contribution is 2.23. The quantitative estimate of drug-likeness (QED) is 0.789. The molecule has 3 heteroatoms. The van der Waals surface area contributed by atoms with Gasteiger partial charge < -0.3 is 5.11 Å². The van der Waals surface area contributed by atoms with E-state index in [-0.39, 0.29) is 0 Å². The molecule has 0 radical (unpaired) electrons. The standard InChI is InChI=1S/C12H9ClO2/c13-7-8-5-6-11(12(14)15)10-4-2-1-3-9(8)10/h1-6H,7H2,(H,14,15). The molecule has 0 heterocycles. The Bertz CT molecular complexity index is 520. The second-order valence-electron chi connectivity index (χ2n) is 3.26. The van der Waals surface area contributed by atoms with E-state index < -0.39 is 5.97 Å². The first-order valence-electron chi connectivity index (χ1n) is 4.54. The van der Waals surface area contributed by atoms with Crippen LogP contribution >= 0.6 is 11.6 Å². The Hall–Kier alpha value is -1.54. The summed E-state index contributed by atoms with van der Waals surface area (Å²) in [5.74, 6) is -0.521. The van der Waals surface area contributed by atoms with Crippen molar-refractivity contribution in [2.75, 3.05) is 0 Å². The zero-order valence-electron chi connectivity index (χ0n) is 7.90. The highest BCUT2D eigenvalue weighted by Gasteiger charge is 2.09. The zero-order valence-corrected chi connectivity index (χ0v) is 8.66. The number of fused-ring (bicyclic) bond motifs is 1. The van der Waals surface area contributed by atoms with E-state index in [1.165, 1.54) is 0 Å². The Morgan fingerprint density at radius 3 is 2.40 bits per heavy atom. The SMILES string of the molecule is O=C(O)c1ccc(CCl)c2ccccc12. The van der Waals surface area contributed by atoms with Crippen LogP contribution in [0, 0.1) is 0 Å². The molecule has 2 aromatic rings. The smallest absolute Gasteiger partial charge is 0.336 e. The molecular weight excluding hydrogens is 212 g/mol. The van der Waals surface area contributed by atoms with Gasteiger partial charge >= 0.3 is 5.97 Å². The van der Waals surface area contributed by atoms with Gasteiger partial charge in [-0.15, -0.1) is 11.6 Å². The number of carboxylic acids is 1. The van der Waals surface area contributed by atoms with Gasteiger partial charge in [0.2, 0.25) is 0 Å². The summed E-state index contributed by atoms with van der Waals surface area (Å²) in [4.78, 5) is 11.0. The molecular formula is C12H9ClO2. The second-order valence-corrected chi connectivity index (χ2v) is 3.52. The Balaban J connectivity index is 2.83. The van der Waals surface area contributed by atoms with Crippen LogP contribution in [0.25, 0.3) is 10.8 Å². The van der Waals surface area contributed by atoms with Gasteiger partial charge in [-0.05, 0) is 22.4 Å². The van der Waals surface area contributed by atoms with Crippen LogP contribution in [-0.4, -0.2) is 11.1 Å². The van der Waals surface area contributed by atoms with Gasteiger partial charge in [-0.25, -0.2) is 4.79 Å². The number of carbonyl (C=O) groups is 1. The van der Waals surface area contributed by atoms with E-state index in [0.717, 1.165) is 16.3 Å². The van der Waals surface area contributed by atoms with Crippen molar-refractivity contribution in [2.24, 2.45) is 0 Å². The third-order valence-electron chi connectivity index (χ3n) is 2.39. The van der Waals surface area contributed by atoms with Crippen molar-refractivity contribution in [3.8, 4) is 0 Å². The molecule has 76 valence electrons. The predicted octanol–water partition coefficient (Wildman–Crippen LogP) is 3.28. The number of alkyl halides is 1. The van der Waals surface area contributed by atoms with Crippen LogP contribution < -0.4 is 0 Å². The molecule has 2 nitrogen and oxygen atoms in total. The number of carboxylic acid groups (broad SMARTS) is 1. The first-order valence-corrected chi connectivity index (χ1v) is 5.07. The minimum absolute atomic E-state index is 0.319. The van der Waals surface area contributed by atoms with Crippen LogP contribution in [-0.2, 0) is 5.88 Å². The normalized spacial score (nSPS) is 10.5. The van der Waals surface area contributed by atoms with Crippen LogP contribution in [0.1, 0.15) is 15.9 Å². The number of rotatable bonds is 2. The van der Waals surface area contributed by atoms with Crippen molar-refractivity contribution in [3.05, 3.63) is 47.5 Å². The Kier molecular flexibility index (Phi) is 2.60. The molecule has 2 rings (SSSR count). The maximum absolute atomic E-state index is 11.0. The van der Waals surface area contributed by atoms with Gasteiger partial charge in [0.1, 0.15) is 0 Å². The van der Waals surface area contributed by atoms with Crippen LogP contribution in [0.15, 0.2) is 36.4 Å². The maximum Gasteiger partial charge on any atom is 0.336 e. The topological polar surface area (TPSA) is 37.3 Å². The molecule has 0 atom stereocenters. The summed E-state index contributed by atoms with van der Waals surface area (Å²) in [6, 6.07) is 10.8. The highest BCUT2D eigenvalue weighted by molar-refractivity contribution is 6.18. The minimum atomic E-state index is -0.910. The van der Waals surface area contributed by atoms with Gasteiger partial charge in [-0.3, -0.25) is 0 Å². The van der Waals surface area contributed by atoms with E-state index in [1.54, 1.807) is 18.2 Å². The molecule has 0 spiro atoms. The van der Waals surface area contributed by atoms with E-state index in [1.807, 2.05) is 18.2 Å². The fourth-order valence-corrected chi connectivity index (χ4v) is 1.90. The lowest BCUT2D eigenvalue weighted by Crippen LogP contribution is -1.98. The molecule has 2 aromatic carbocycles. The van der Waals surface area contributed by atoms with E-state index in [4.69, 9.17) is 16.7 Å². The molecule has 0 amide bonds. The van der Waals surface area contributed by atoms with Crippen LogP contribution in [0.4, 0.5) is 0 Å². The van der Waals surface area contributed by atoms with Crippen molar-refractivity contribution in [1.82, 2.24) is 0 Å². The van der Waals surface area contributed by atoms with Gasteiger partial charge in [-0.2, -0.15) is 0 Å². The second kappa shape index (κ2) is 3.91. The van der Waals surface area contributed by atoms with Crippen molar-refractivity contribution in [3.63, 3.8) is 0 Å². The molecule has 0 fully saturated rings. The zero-order chi connectivity index (χ0) is 10.8. The first kappa shape index (κ1) is 9.99. The average molecular weight is 221 g/mol. The van der Waals surface area contributed by atoms with Crippen molar-refractivity contribution >= 4 is 28.3 Å². The van der Waals surface area contributed by atoms with Crippen LogP contribution in [0.5, 0.6) is 0 Å². The van der Waals surface area contributed by atoms with Crippen LogP contribution in [0.3, 0.4) is 0 Å². The average Bonchev–Trinajstić information content (AvgIpc) is 2.27. The summed E-state index contributed by atoms with van der Waals surface area (Å²) < 4.78 is 0. The lowest BCUT2D eigenvalue weighted by Gasteiger charge is -2.06. The van der Waals surface area contributed by atoms with Crippen LogP contribution in [0.2, 0.25) is 0 Å². The molecule has 0 aliphatic carbocycles. The number of hydrogen-bond acceptors (Lipinski definition) is 1. The summed E-state index contributed by atoms with van der Waals surface area (Å²) in [6.45, 7) is 0. The largest absolute Gasteiger partial charge is 0.478 e. The molecule has 0 saturated carbocycles. The van der Waals surface area contributed by atoms with Gasteiger partial charge in [0, 0.05) is 5.88 Å². The number of aromatic carboxylic acids is 1. The first-order chi connectivity index (χ1) is 7.24. The fourth-order valence-electron chi connectivity index (χ4n) is 1.66. The van der Waals surface area contributed by atoms with E-state index in [2.05, 4.69) is 0 Å². The third-order valence-corrected chi connectivity index (χ3v) is 2.68. The highest BCUT2D eigenvalue weighted by atomic mass is 35.5. The predicted molar refractivity (Wildman–Crippen MR) is 60.5 cm³/mol. The molecule has 0 bridgehead atoms. The molecule has 0 aromatic heterocycles. The lowest BCUT2D eigenvalue weighted by molar-refractivity contribution is 0.0699. The molecule has 0 saturated heterocycles. The monoisotopic (exact) mass is 220 g/mol. The van der Waals surface area contributed by atoms with Crippen molar-refractivity contribution in [2.45, 2.75) is 5.88 Å². The number of halogens is 1. The van der Waals surface area contributed by atoms with Gasteiger partial charge in [0.15, 0.2) is 0 Å². The van der Waals surface area contributed by atoms with Gasteiger partial charge in [0.05, 0.1) is 5.56 Å². The number of hydrogen-bond donors (Lipinski definition) is 1. The summed E-state index contributed by atoms with van der Waals surface area (Å²) in [5.41, 5.74) is 1.27. The van der Waals surface area contributed by atoms with E-state index in [0.29, 0.717) is 11.4 Å². The maximum atomic E-state index is 11.0. The molecule has 0 aliphatic heterocycles. The van der Waals surface area contributed by atoms with E-state index in [9.17, 15) is 4.79 Å². The van der Waals surface area contributed by atoms with Crippen molar-refractivity contribution < 1.29 is 9.90 Å². The molecule has 15 heavy (non-hydrogen) atoms. The summed E-state index contributed by atoms with van der Waals surface area (Å²) >= 11 is 5.79. The lowest BCUT2D eigenvalue weighted by atomic mass is 10.0. The summed E-state index contributed by atoms with van der Waals surface area (Å²) in [7, 11) is 0. The van der Waals surface area contributed by atoms with Gasteiger partial charge in [-0.1, -0.05) is 30.3 Å². The summed E-state index contributed by atoms with van der Waals surface area (Å²) in [5, 5.41) is 10.7. The Morgan fingerprint density at radius 2 is 1.80 bits per heavy atom. The minimum Gasteiger partial charge on any atom is -0.478 e. The Labute approximate surface area is 92.1 Å². The number of benzene rings is 2. The molecule has 0 aliphatic rings. The molecule has 0 unspecified atom stereocenters. The third kappa shape index (κ3) is 1.68. The van der Waals surface area contributed by atoms with E-state index >= 15 is 0 Å². The molecule has 1 N–H and O–H groups in total. The van der Waals surface area contributed by atoms with Crippen molar-refractivity contribution in [1.29, 1.82) is 0 Å². The summed E-state index contributed by atoms with van der Waals surface area (Å²) in [6.07, 6.45) is 0.